The topological polar surface area (TPSA) is 81.7 Å². The molecular weight excluding hydrogens is 358 g/mol. The Bertz CT molecular complexity index is 803. The Kier molecular flexibility index (Phi) is 4.68. The highest BCUT2D eigenvalue weighted by molar-refractivity contribution is 5.89. The summed E-state index contributed by atoms with van der Waals surface area (Å²) in [6, 6.07) is 6.95. The second kappa shape index (κ2) is 6.90. The van der Waals surface area contributed by atoms with Gasteiger partial charge in [-0.1, -0.05) is 12.1 Å². The van der Waals surface area contributed by atoms with Gasteiger partial charge >= 0.3 is 11.9 Å². The van der Waals surface area contributed by atoms with Crippen LogP contribution >= 0.6 is 0 Å². The normalized spacial score (nSPS) is 32.6. The van der Waals surface area contributed by atoms with Crippen LogP contribution in [0.15, 0.2) is 24.3 Å². The lowest BCUT2D eigenvalue weighted by Crippen LogP contribution is -2.64. The van der Waals surface area contributed by atoms with Gasteiger partial charge < -0.3 is 14.8 Å². The number of amides is 1. The third-order valence-electron chi connectivity index (χ3n) is 6.65. The molecule has 0 heterocycles. The van der Waals surface area contributed by atoms with Crippen LogP contribution in [0.5, 0.6) is 0 Å². The van der Waals surface area contributed by atoms with Crippen molar-refractivity contribution in [1.29, 1.82) is 0 Å². The van der Waals surface area contributed by atoms with Crippen LogP contribution in [0.4, 0.5) is 0 Å². The molecule has 4 aliphatic carbocycles. The summed E-state index contributed by atoms with van der Waals surface area (Å²) in [5.41, 5.74) is 0.458. The molecule has 1 aromatic carbocycles. The minimum atomic E-state index is -0.494. The van der Waals surface area contributed by atoms with E-state index in [2.05, 4.69) is 5.32 Å². The quantitative estimate of drug-likeness (QED) is 0.788. The van der Waals surface area contributed by atoms with E-state index in [0.717, 1.165) is 37.7 Å². The average Bonchev–Trinajstić information content (AvgIpc) is 2.63. The molecule has 0 radical (unpaired) electrons. The lowest BCUT2D eigenvalue weighted by molar-refractivity contribution is -0.177. The highest BCUT2D eigenvalue weighted by Crippen LogP contribution is 2.62. The van der Waals surface area contributed by atoms with Gasteiger partial charge in [-0.05, 0) is 68.1 Å². The van der Waals surface area contributed by atoms with E-state index in [1.165, 1.54) is 7.11 Å². The van der Waals surface area contributed by atoms with E-state index in [4.69, 9.17) is 9.47 Å². The summed E-state index contributed by atoms with van der Waals surface area (Å²) in [6.07, 6.45) is 5.47. The van der Waals surface area contributed by atoms with E-state index >= 15 is 0 Å². The smallest absolute Gasteiger partial charge is 0.337 e. The molecule has 1 amide bonds. The van der Waals surface area contributed by atoms with Crippen LogP contribution in [0.2, 0.25) is 0 Å². The van der Waals surface area contributed by atoms with Crippen molar-refractivity contribution in [2.75, 3.05) is 7.11 Å². The van der Waals surface area contributed by atoms with E-state index in [1.54, 1.807) is 25.1 Å². The summed E-state index contributed by atoms with van der Waals surface area (Å²) in [4.78, 5) is 36.6. The Morgan fingerprint density at radius 1 is 1.14 bits per heavy atom. The second-order valence-corrected chi connectivity index (χ2v) is 8.97. The molecule has 1 aromatic rings. The van der Waals surface area contributed by atoms with Gasteiger partial charge in [0, 0.05) is 12.5 Å². The van der Waals surface area contributed by atoms with Gasteiger partial charge in [0.15, 0.2) is 0 Å². The summed E-state index contributed by atoms with van der Waals surface area (Å²) in [7, 11) is 1.34. The molecule has 4 fully saturated rings. The predicted octanol–water partition coefficient (Wildman–Crippen LogP) is 2.99. The minimum Gasteiger partial charge on any atom is -0.465 e. The Balaban J connectivity index is 1.48. The van der Waals surface area contributed by atoms with E-state index in [-0.39, 0.29) is 24.0 Å². The van der Waals surface area contributed by atoms with Gasteiger partial charge in [0.25, 0.3) is 0 Å². The summed E-state index contributed by atoms with van der Waals surface area (Å²) < 4.78 is 10.5. The average molecular weight is 385 g/mol. The molecule has 0 spiro atoms. The molecule has 1 N–H and O–H groups in total. The molecule has 2 atom stereocenters. The standard InChI is InChI=1S/C22H27NO5/c1-14(24)23-22-10-16-6-17(11-22)9-21(8-16,13-22)20(26)28-12-15-4-3-5-18(7-15)19(25)27-2/h3-5,7,16-17H,6,8-13H2,1-2H3,(H,23,24)/t16-,17-,21?,22?/m0/s1. The Hall–Kier alpha value is -2.37. The first-order valence-electron chi connectivity index (χ1n) is 9.96. The monoisotopic (exact) mass is 385 g/mol. The molecule has 4 aliphatic rings. The zero-order chi connectivity index (χ0) is 19.9. The lowest BCUT2D eigenvalue weighted by atomic mass is 9.47. The van der Waals surface area contributed by atoms with Crippen molar-refractivity contribution < 1.29 is 23.9 Å². The van der Waals surface area contributed by atoms with Crippen LogP contribution in [0.1, 0.15) is 61.4 Å². The number of benzene rings is 1. The number of hydrogen-bond donors (Lipinski definition) is 1. The summed E-state index contributed by atoms with van der Waals surface area (Å²) in [6.45, 7) is 1.69. The van der Waals surface area contributed by atoms with E-state index < -0.39 is 11.4 Å². The molecule has 28 heavy (non-hydrogen) atoms. The van der Waals surface area contributed by atoms with Crippen LogP contribution in [-0.4, -0.2) is 30.5 Å². The molecular formula is C22H27NO5. The molecule has 0 saturated heterocycles. The van der Waals surface area contributed by atoms with Crippen LogP contribution in [-0.2, 0) is 25.7 Å². The van der Waals surface area contributed by atoms with Crippen molar-refractivity contribution in [3.8, 4) is 0 Å². The fourth-order valence-electron chi connectivity index (χ4n) is 6.23. The number of ether oxygens (including phenoxy) is 2. The lowest BCUT2D eigenvalue weighted by Gasteiger charge is -2.60. The number of hydrogen-bond acceptors (Lipinski definition) is 5. The predicted molar refractivity (Wildman–Crippen MR) is 101 cm³/mol. The van der Waals surface area contributed by atoms with Crippen molar-refractivity contribution in [1.82, 2.24) is 5.32 Å². The van der Waals surface area contributed by atoms with Gasteiger partial charge in [-0.2, -0.15) is 0 Å². The van der Waals surface area contributed by atoms with Gasteiger partial charge in [-0.25, -0.2) is 4.79 Å². The maximum atomic E-state index is 13.1. The number of carbonyl (C=O) groups excluding carboxylic acids is 3. The third kappa shape index (κ3) is 3.40. The molecule has 6 nitrogen and oxygen atoms in total. The highest BCUT2D eigenvalue weighted by atomic mass is 16.5. The van der Waals surface area contributed by atoms with Crippen molar-refractivity contribution in [3.05, 3.63) is 35.4 Å². The summed E-state index contributed by atoms with van der Waals surface area (Å²) in [5, 5.41) is 3.17. The van der Waals surface area contributed by atoms with E-state index in [9.17, 15) is 14.4 Å². The molecule has 6 heteroatoms. The zero-order valence-electron chi connectivity index (χ0n) is 16.5. The second-order valence-electron chi connectivity index (χ2n) is 8.97. The third-order valence-corrected chi connectivity index (χ3v) is 6.65. The number of carbonyl (C=O) groups is 3. The maximum absolute atomic E-state index is 13.1. The minimum absolute atomic E-state index is 0.0231. The van der Waals surface area contributed by atoms with Crippen LogP contribution in [0.25, 0.3) is 0 Å². The van der Waals surface area contributed by atoms with Crippen LogP contribution in [0, 0.1) is 17.3 Å². The Morgan fingerprint density at radius 3 is 2.50 bits per heavy atom. The Morgan fingerprint density at radius 2 is 1.86 bits per heavy atom. The first-order chi connectivity index (χ1) is 13.3. The summed E-state index contributed by atoms with van der Waals surface area (Å²) in [5.74, 6) is 0.350. The first kappa shape index (κ1) is 19.0. The number of esters is 2. The SMILES string of the molecule is COC(=O)c1cccc(COC(=O)C23C[C@@H]4C[C@H](CC(NC(C)=O)(C4)C2)C3)c1. The first-order valence-corrected chi connectivity index (χ1v) is 9.96. The molecule has 5 rings (SSSR count). The maximum Gasteiger partial charge on any atom is 0.337 e. The largest absolute Gasteiger partial charge is 0.465 e. The Labute approximate surface area is 165 Å². The fraction of sp³-hybridized carbons (Fsp3) is 0.591. The summed E-state index contributed by atoms with van der Waals surface area (Å²) >= 11 is 0. The molecule has 150 valence electrons. The zero-order valence-corrected chi connectivity index (χ0v) is 16.5. The van der Waals surface area contributed by atoms with Gasteiger partial charge in [-0.15, -0.1) is 0 Å². The highest BCUT2D eigenvalue weighted by Gasteiger charge is 2.61. The van der Waals surface area contributed by atoms with E-state index in [1.807, 2.05) is 6.07 Å². The van der Waals surface area contributed by atoms with Gasteiger partial charge in [0.05, 0.1) is 18.1 Å². The van der Waals surface area contributed by atoms with Crippen LogP contribution < -0.4 is 5.32 Å². The molecule has 4 bridgehead atoms. The van der Waals surface area contributed by atoms with Crippen molar-refractivity contribution in [3.63, 3.8) is 0 Å². The van der Waals surface area contributed by atoms with Gasteiger partial charge in [0.1, 0.15) is 6.61 Å². The molecule has 0 aromatic heterocycles. The van der Waals surface area contributed by atoms with Crippen molar-refractivity contribution >= 4 is 17.8 Å². The number of methoxy groups -OCH3 is 1. The van der Waals surface area contributed by atoms with Gasteiger partial charge in [0.2, 0.25) is 5.91 Å². The van der Waals surface area contributed by atoms with Crippen molar-refractivity contribution in [2.24, 2.45) is 17.3 Å². The fourth-order valence-corrected chi connectivity index (χ4v) is 6.23. The van der Waals surface area contributed by atoms with E-state index in [0.29, 0.717) is 23.8 Å². The molecule has 0 unspecified atom stereocenters. The van der Waals surface area contributed by atoms with Crippen LogP contribution in [0.3, 0.4) is 0 Å². The van der Waals surface area contributed by atoms with Gasteiger partial charge in [-0.3, -0.25) is 9.59 Å². The van der Waals surface area contributed by atoms with Crippen molar-refractivity contribution in [2.45, 2.75) is 57.6 Å². The number of nitrogens with one attached hydrogen (secondary N) is 1. The number of rotatable bonds is 5. The molecule has 0 aliphatic heterocycles. The molecule has 4 saturated carbocycles.